The molecule has 0 amide bonds. The van der Waals surface area contributed by atoms with Gasteiger partial charge in [-0.15, -0.1) is 12.4 Å². The smallest absolute Gasteiger partial charge is 0.393 e. The van der Waals surface area contributed by atoms with Crippen molar-refractivity contribution in [2.24, 2.45) is 17.6 Å². The van der Waals surface area contributed by atoms with E-state index >= 15 is 4.39 Å². The number of hydrogen-bond acceptors (Lipinski definition) is 6. The fraction of sp³-hybridized carbons (Fsp3) is 0.556. The molecule has 1 aliphatic carbocycles. The zero-order valence-electron chi connectivity index (χ0n) is 16.5. The third-order valence-electron chi connectivity index (χ3n) is 5.88. The number of methoxy groups -OCH3 is 1. The van der Waals surface area contributed by atoms with Gasteiger partial charge in [0.25, 0.3) is 5.56 Å². The van der Waals surface area contributed by atoms with Gasteiger partial charge in [0.1, 0.15) is 11.2 Å². The molecule has 2 heterocycles. The lowest BCUT2D eigenvalue weighted by molar-refractivity contribution is -0.178. The van der Waals surface area contributed by atoms with Gasteiger partial charge in [0.2, 0.25) is 0 Å². The van der Waals surface area contributed by atoms with E-state index in [1.165, 1.54) is 16.6 Å². The maximum atomic E-state index is 15.1. The average Bonchev–Trinajstić information content (AvgIpc) is 3.42. The highest BCUT2D eigenvalue weighted by Gasteiger charge is 2.50. The minimum atomic E-state index is -4.50. The summed E-state index contributed by atoms with van der Waals surface area (Å²) in [6, 6.07) is 0.649. The molecule has 1 aromatic heterocycles. The van der Waals surface area contributed by atoms with Crippen LogP contribution in [0.25, 0.3) is 10.9 Å². The van der Waals surface area contributed by atoms with Crippen molar-refractivity contribution in [3.63, 3.8) is 0 Å². The Morgan fingerprint density at radius 1 is 1.23 bits per heavy atom. The van der Waals surface area contributed by atoms with Crippen LogP contribution < -0.4 is 32.5 Å². The predicted octanol–water partition coefficient (Wildman–Crippen LogP) is 1.35. The third kappa shape index (κ3) is 3.61. The molecule has 2 fully saturated rings. The van der Waals surface area contributed by atoms with E-state index in [2.05, 4.69) is 0 Å². The molecule has 4 N–H and O–H groups in total. The Morgan fingerprint density at radius 2 is 1.87 bits per heavy atom. The summed E-state index contributed by atoms with van der Waals surface area (Å²) in [4.78, 5) is 26.3. The van der Waals surface area contributed by atoms with E-state index in [0.717, 1.165) is 6.07 Å². The molecule has 0 spiro atoms. The highest BCUT2D eigenvalue weighted by atomic mass is 35.5. The fourth-order valence-corrected chi connectivity index (χ4v) is 4.26. The average molecular weight is 468 g/mol. The molecule has 1 saturated carbocycles. The van der Waals surface area contributed by atoms with Gasteiger partial charge in [-0.2, -0.15) is 17.8 Å². The van der Waals surface area contributed by atoms with Crippen molar-refractivity contribution < 1.29 is 22.3 Å². The zero-order valence-corrected chi connectivity index (χ0v) is 17.3. The van der Waals surface area contributed by atoms with E-state index < -0.39 is 41.6 Å². The van der Waals surface area contributed by atoms with Crippen molar-refractivity contribution in [1.29, 1.82) is 0 Å². The van der Waals surface area contributed by atoms with Crippen LogP contribution in [-0.4, -0.2) is 42.2 Å². The van der Waals surface area contributed by atoms with Gasteiger partial charge in [-0.25, -0.2) is 9.18 Å². The molecule has 2 aliphatic rings. The SMILES string of the molecule is COc1c(N2CC(CN)C(C(F)(F)F)C2)c(F)cc2c(=O)n(N)c(=O)n(C3CC3)c12.Cl. The first-order valence-corrected chi connectivity index (χ1v) is 9.44. The van der Waals surface area contributed by atoms with Crippen molar-refractivity contribution in [3.05, 3.63) is 32.7 Å². The van der Waals surface area contributed by atoms with Crippen molar-refractivity contribution >= 4 is 29.0 Å². The van der Waals surface area contributed by atoms with Crippen LogP contribution in [0.15, 0.2) is 15.7 Å². The van der Waals surface area contributed by atoms with Crippen LogP contribution >= 0.6 is 12.4 Å². The van der Waals surface area contributed by atoms with Gasteiger partial charge in [0.05, 0.1) is 18.4 Å². The number of fused-ring (bicyclic) bond motifs is 1. The number of nitrogen functional groups attached to an aromatic ring is 1. The van der Waals surface area contributed by atoms with E-state index in [4.69, 9.17) is 16.3 Å². The second kappa shape index (κ2) is 7.90. The van der Waals surface area contributed by atoms with Crippen LogP contribution in [-0.2, 0) is 0 Å². The molecule has 2 aromatic rings. The lowest BCUT2D eigenvalue weighted by Gasteiger charge is -2.24. The lowest BCUT2D eigenvalue weighted by atomic mass is 9.96. The summed E-state index contributed by atoms with van der Waals surface area (Å²) in [6.45, 7) is -0.865. The van der Waals surface area contributed by atoms with Gasteiger partial charge in [-0.1, -0.05) is 0 Å². The van der Waals surface area contributed by atoms with Gasteiger partial charge in [-0.3, -0.25) is 9.36 Å². The molecule has 8 nitrogen and oxygen atoms in total. The first-order valence-electron chi connectivity index (χ1n) is 9.44. The van der Waals surface area contributed by atoms with Gasteiger partial charge in [0, 0.05) is 25.0 Å². The number of anilines is 1. The van der Waals surface area contributed by atoms with Crippen LogP contribution in [0, 0.1) is 17.7 Å². The minimum absolute atomic E-state index is 0. The van der Waals surface area contributed by atoms with Crippen LogP contribution in [0.2, 0.25) is 0 Å². The largest absolute Gasteiger partial charge is 0.492 e. The number of aromatic nitrogens is 2. The normalized spacial score (nSPS) is 21.4. The van der Waals surface area contributed by atoms with Crippen LogP contribution in [0.1, 0.15) is 18.9 Å². The lowest BCUT2D eigenvalue weighted by Crippen LogP contribution is -2.44. The second-order valence-electron chi connectivity index (χ2n) is 7.74. The Hall–Kier alpha value is -2.47. The summed E-state index contributed by atoms with van der Waals surface area (Å²) in [7, 11) is 1.21. The standard InChI is InChI=1S/C18H21F4N5O3.ClH/c1-30-15-13-10(16(28)27(24)17(29)26(13)9-2-3-9)4-12(19)14(15)25-6-8(5-23)11(7-25)18(20,21)22;/h4,8-9,11H,2-3,5-7,23-24H2,1H3;1H. The zero-order chi connectivity index (χ0) is 22.0. The van der Waals surface area contributed by atoms with Crippen LogP contribution in [0.4, 0.5) is 23.2 Å². The van der Waals surface area contributed by atoms with E-state index in [-0.39, 0.29) is 53.9 Å². The van der Waals surface area contributed by atoms with E-state index in [1.807, 2.05) is 0 Å². The Balaban J connectivity index is 0.00000272. The molecule has 1 aliphatic heterocycles. The molecule has 0 radical (unpaired) electrons. The minimum Gasteiger partial charge on any atom is -0.492 e. The first kappa shape index (κ1) is 23.2. The Morgan fingerprint density at radius 3 is 2.35 bits per heavy atom. The monoisotopic (exact) mass is 467 g/mol. The van der Waals surface area contributed by atoms with Crippen LogP contribution in [0.3, 0.4) is 0 Å². The van der Waals surface area contributed by atoms with E-state index in [0.29, 0.717) is 17.5 Å². The molecule has 172 valence electrons. The molecule has 2 atom stereocenters. The highest BCUT2D eigenvalue weighted by molar-refractivity contribution is 5.91. The van der Waals surface area contributed by atoms with E-state index in [9.17, 15) is 22.8 Å². The fourth-order valence-electron chi connectivity index (χ4n) is 4.26. The molecule has 4 rings (SSSR count). The number of nitrogens with zero attached hydrogens (tertiary/aromatic N) is 3. The molecule has 2 unspecified atom stereocenters. The first-order chi connectivity index (χ1) is 14.1. The molecule has 31 heavy (non-hydrogen) atoms. The molecular weight excluding hydrogens is 446 g/mol. The van der Waals surface area contributed by atoms with Gasteiger partial charge >= 0.3 is 11.9 Å². The van der Waals surface area contributed by atoms with Crippen molar-refractivity contribution in [2.45, 2.75) is 25.1 Å². The maximum absolute atomic E-state index is 15.1. The summed E-state index contributed by atoms with van der Waals surface area (Å²) in [5, 5.41) is -0.177. The Labute approximate surface area is 179 Å². The van der Waals surface area contributed by atoms with Gasteiger partial charge in [0.15, 0.2) is 11.6 Å². The number of ether oxygens (including phenoxy) is 1. The Kier molecular flexibility index (Phi) is 5.91. The predicted molar refractivity (Wildman–Crippen MR) is 109 cm³/mol. The van der Waals surface area contributed by atoms with Gasteiger partial charge < -0.3 is 21.2 Å². The molecule has 1 saturated heterocycles. The number of hydrogen-bond donors (Lipinski definition) is 2. The van der Waals surface area contributed by atoms with Crippen LogP contribution in [0.5, 0.6) is 5.75 Å². The molecule has 0 bridgehead atoms. The number of nitrogens with two attached hydrogens (primary N) is 2. The topological polar surface area (TPSA) is 109 Å². The van der Waals surface area contributed by atoms with E-state index in [1.54, 1.807) is 0 Å². The van der Waals surface area contributed by atoms with Gasteiger partial charge in [-0.05, 0) is 25.5 Å². The summed E-state index contributed by atoms with van der Waals surface area (Å²) < 4.78 is 62.5. The summed E-state index contributed by atoms with van der Waals surface area (Å²) in [5.41, 5.74) is 3.64. The summed E-state index contributed by atoms with van der Waals surface area (Å²) >= 11 is 0. The molecular formula is C18H22ClF4N5O3. The molecule has 1 aromatic carbocycles. The Bertz CT molecular complexity index is 1130. The summed E-state index contributed by atoms with van der Waals surface area (Å²) in [5.74, 6) is 1.83. The second-order valence-corrected chi connectivity index (χ2v) is 7.74. The number of rotatable bonds is 4. The molecule has 13 heteroatoms. The quantitative estimate of drug-likeness (QED) is 0.519. The summed E-state index contributed by atoms with van der Waals surface area (Å²) in [6.07, 6.45) is -3.20. The maximum Gasteiger partial charge on any atom is 0.393 e. The highest BCUT2D eigenvalue weighted by Crippen LogP contribution is 2.46. The number of halogens is 5. The van der Waals surface area contributed by atoms with Crippen molar-refractivity contribution in [3.8, 4) is 5.75 Å². The number of benzene rings is 1. The van der Waals surface area contributed by atoms with Crippen molar-refractivity contribution in [1.82, 2.24) is 9.24 Å². The number of alkyl halides is 3. The third-order valence-corrected chi connectivity index (χ3v) is 5.88. The van der Waals surface area contributed by atoms with Crippen molar-refractivity contribution in [2.75, 3.05) is 37.5 Å².